The number of aromatic amines is 1. The zero-order chi connectivity index (χ0) is 21.2. The van der Waals surface area contributed by atoms with Gasteiger partial charge in [0, 0.05) is 23.9 Å². The summed E-state index contributed by atoms with van der Waals surface area (Å²) < 4.78 is 10.5. The van der Waals surface area contributed by atoms with Gasteiger partial charge in [0.2, 0.25) is 5.78 Å². The highest BCUT2D eigenvalue weighted by molar-refractivity contribution is 6.39. The number of benzene rings is 1. The number of methoxy groups -OCH3 is 1. The van der Waals surface area contributed by atoms with E-state index >= 15 is 0 Å². The molecular formula is C22H24N2O5. The number of ketones is 2. The molecule has 0 spiro atoms. The number of hydrogen-bond acceptors (Lipinski definition) is 5. The number of para-hydroxylation sites is 1. The zero-order valence-corrected chi connectivity index (χ0v) is 16.9. The molecule has 1 aromatic carbocycles. The molecule has 0 fully saturated rings. The summed E-state index contributed by atoms with van der Waals surface area (Å²) in [6, 6.07) is 7.08. The molecule has 3 rings (SSSR count). The van der Waals surface area contributed by atoms with Crippen molar-refractivity contribution in [1.82, 2.24) is 10.3 Å². The molecule has 0 atom stereocenters. The molecule has 1 aliphatic carbocycles. The number of fused-ring (bicyclic) bond motifs is 1. The summed E-state index contributed by atoms with van der Waals surface area (Å²) in [7, 11) is 1.52. The lowest BCUT2D eigenvalue weighted by atomic mass is 9.87. The van der Waals surface area contributed by atoms with Crippen molar-refractivity contribution in [2.24, 2.45) is 0 Å². The summed E-state index contributed by atoms with van der Waals surface area (Å²) in [5, 5.41) is 2.67. The number of carbonyl (C=O) groups excluding carboxylic acids is 3. The molecule has 0 unspecified atom stereocenters. The van der Waals surface area contributed by atoms with E-state index in [4.69, 9.17) is 9.47 Å². The van der Waals surface area contributed by atoms with Crippen LogP contribution in [0.2, 0.25) is 0 Å². The fraction of sp³-hybridized carbons (Fsp3) is 0.318. The lowest BCUT2D eigenvalue weighted by Gasteiger charge is -2.19. The highest BCUT2D eigenvalue weighted by Gasteiger charge is 2.31. The molecule has 2 aromatic rings. The van der Waals surface area contributed by atoms with Gasteiger partial charge in [0.1, 0.15) is 11.4 Å². The van der Waals surface area contributed by atoms with Crippen LogP contribution in [0.25, 0.3) is 5.57 Å². The minimum Gasteiger partial charge on any atom is -0.496 e. The zero-order valence-electron chi connectivity index (χ0n) is 16.9. The van der Waals surface area contributed by atoms with Crippen molar-refractivity contribution < 1.29 is 23.9 Å². The molecule has 1 amide bonds. The summed E-state index contributed by atoms with van der Waals surface area (Å²) in [4.78, 5) is 40.5. The molecule has 1 aromatic heterocycles. The Morgan fingerprint density at radius 2 is 1.90 bits per heavy atom. The minimum absolute atomic E-state index is 0.252. The van der Waals surface area contributed by atoms with Crippen molar-refractivity contribution in [2.75, 3.05) is 13.7 Å². The van der Waals surface area contributed by atoms with Crippen LogP contribution in [-0.4, -0.2) is 41.9 Å². The standard InChI is InChI=1S/C22H24N2O5/c1-22(2,3)29-21(27)23-10-9-13-12-24-19-16(25)11-15(20(26)18(13)19)14-7-5-6-8-17(14)28-4/h5-8,11-12,24H,9-10H2,1-4H3,(H,23,27). The second kappa shape index (κ2) is 7.95. The second-order valence-corrected chi connectivity index (χ2v) is 7.69. The monoisotopic (exact) mass is 396 g/mol. The Kier molecular flexibility index (Phi) is 5.59. The van der Waals surface area contributed by atoms with Crippen LogP contribution < -0.4 is 10.1 Å². The number of H-pyrrole nitrogens is 1. The number of amides is 1. The van der Waals surface area contributed by atoms with E-state index in [0.717, 1.165) is 0 Å². The fourth-order valence-electron chi connectivity index (χ4n) is 3.20. The summed E-state index contributed by atoms with van der Waals surface area (Å²) in [6.45, 7) is 5.62. The van der Waals surface area contributed by atoms with Crippen molar-refractivity contribution in [3.05, 3.63) is 58.9 Å². The number of alkyl carbamates (subject to hydrolysis) is 1. The number of hydrogen-bond donors (Lipinski definition) is 2. The molecule has 0 aliphatic heterocycles. The number of ether oxygens (including phenoxy) is 2. The third-order valence-electron chi connectivity index (χ3n) is 4.42. The number of aromatic nitrogens is 1. The maximum atomic E-state index is 13.2. The van der Waals surface area contributed by atoms with Crippen LogP contribution in [0.15, 0.2) is 36.5 Å². The van der Waals surface area contributed by atoms with E-state index < -0.39 is 11.7 Å². The lowest BCUT2D eigenvalue weighted by Crippen LogP contribution is -2.33. The van der Waals surface area contributed by atoms with Gasteiger partial charge < -0.3 is 19.8 Å². The van der Waals surface area contributed by atoms with Crippen LogP contribution in [0.3, 0.4) is 0 Å². The molecule has 1 heterocycles. The first kappa shape index (κ1) is 20.4. The molecule has 0 radical (unpaired) electrons. The van der Waals surface area contributed by atoms with E-state index in [1.54, 1.807) is 51.2 Å². The molecule has 29 heavy (non-hydrogen) atoms. The van der Waals surface area contributed by atoms with Gasteiger partial charge in [0.25, 0.3) is 0 Å². The van der Waals surface area contributed by atoms with E-state index in [2.05, 4.69) is 10.3 Å². The molecule has 152 valence electrons. The summed E-state index contributed by atoms with van der Waals surface area (Å²) >= 11 is 0. The first-order valence-corrected chi connectivity index (χ1v) is 9.32. The first-order valence-electron chi connectivity index (χ1n) is 9.32. The van der Waals surface area contributed by atoms with E-state index in [1.807, 2.05) is 0 Å². The highest BCUT2D eigenvalue weighted by atomic mass is 16.6. The Labute approximate surface area is 169 Å². The van der Waals surface area contributed by atoms with Crippen molar-refractivity contribution in [3.8, 4) is 5.75 Å². The largest absolute Gasteiger partial charge is 0.496 e. The SMILES string of the molecule is COc1ccccc1C1=CC(=O)c2[nH]cc(CCNC(=O)OC(C)(C)C)c2C1=O. The van der Waals surface area contributed by atoms with Crippen LogP contribution >= 0.6 is 0 Å². The van der Waals surface area contributed by atoms with E-state index in [-0.39, 0.29) is 23.8 Å². The van der Waals surface area contributed by atoms with Crippen LogP contribution in [0.5, 0.6) is 5.75 Å². The van der Waals surface area contributed by atoms with Gasteiger partial charge in [0.05, 0.1) is 18.4 Å². The number of nitrogens with one attached hydrogen (secondary N) is 2. The average molecular weight is 396 g/mol. The lowest BCUT2D eigenvalue weighted by molar-refractivity contribution is 0.0528. The quantitative estimate of drug-likeness (QED) is 0.805. The maximum absolute atomic E-state index is 13.2. The Morgan fingerprint density at radius 3 is 2.59 bits per heavy atom. The Bertz CT molecular complexity index is 995. The van der Waals surface area contributed by atoms with Gasteiger partial charge >= 0.3 is 6.09 Å². The van der Waals surface area contributed by atoms with E-state index in [0.29, 0.717) is 34.4 Å². The van der Waals surface area contributed by atoms with Crippen molar-refractivity contribution >= 4 is 23.2 Å². The van der Waals surface area contributed by atoms with E-state index in [9.17, 15) is 14.4 Å². The summed E-state index contributed by atoms with van der Waals surface area (Å²) in [6.07, 6.45) is 2.82. The highest BCUT2D eigenvalue weighted by Crippen LogP contribution is 2.34. The molecule has 7 nitrogen and oxygen atoms in total. The number of carbonyl (C=O) groups is 3. The second-order valence-electron chi connectivity index (χ2n) is 7.69. The minimum atomic E-state index is -0.589. The Hall–Kier alpha value is -3.35. The van der Waals surface area contributed by atoms with Gasteiger partial charge in [-0.25, -0.2) is 4.79 Å². The number of allylic oxidation sites excluding steroid dienone is 2. The first-order chi connectivity index (χ1) is 13.7. The van der Waals surface area contributed by atoms with Gasteiger partial charge in [-0.2, -0.15) is 0 Å². The maximum Gasteiger partial charge on any atom is 0.407 e. The molecular weight excluding hydrogens is 372 g/mol. The number of Topliss-reactive ketones (excluding diaryl/α,β-unsaturated/α-hetero) is 1. The van der Waals surface area contributed by atoms with Gasteiger partial charge in [0.15, 0.2) is 5.78 Å². The van der Waals surface area contributed by atoms with Gasteiger partial charge in [-0.05, 0) is 44.9 Å². The average Bonchev–Trinajstić information content (AvgIpc) is 3.08. The fourth-order valence-corrected chi connectivity index (χ4v) is 3.20. The molecule has 1 aliphatic rings. The third-order valence-corrected chi connectivity index (χ3v) is 4.42. The topological polar surface area (TPSA) is 97.5 Å². The van der Waals surface area contributed by atoms with Crippen molar-refractivity contribution in [3.63, 3.8) is 0 Å². The van der Waals surface area contributed by atoms with Crippen molar-refractivity contribution in [2.45, 2.75) is 32.8 Å². The molecule has 7 heteroatoms. The van der Waals surface area contributed by atoms with Crippen LogP contribution in [0.4, 0.5) is 4.79 Å². The number of rotatable bonds is 5. The molecule has 0 saturated carbocycles. The molecule has 2 N–H and O–H groups in total. The van der Waals surface area contributed by atoms with Crippen LogP contribution in [-0.2, 0) is 11.2 Å². The molecule has 0 saturated heterocycles. The normalized spacial score (nSPS) is 13.6. The van der Waals surface area contributed by atoms with Gasteiger partial charge in [-0.1, -0.05) is 18.2 Å². The third kappa shape index (κ3) is 4.39. The van der Waals surface area contributed by atoms with E-state index in [1.165, 1.54) is 13.2 Å². The van der Waals surface area contributed by atoms with Crippen LogP contribution in [0.1, 0.15) is 52.7 Å². The molecule has 0 bridgehead atoms. The predicted octanol–water partition coefficient (Wildman–Crippen LogP) is 3.55. The Morgan fingerprint density at radius 1 is 1.17 bits per heavy atom. The Balaban J connectivity index is 1.80. The smallest absolute Gasteiger partial charge is 0.407 e. The summed E-state index contributed by atoms with van der Waals surface area (Å²) in [5.41, 5.74) is 1.54. The van der Waals surface area contributed by atoms with Crippen LogP contribution in [0, 0.1) is 0 Å². The summed E-state index contributed by atoms with van der Waals surface area (Å²) in [5.74, 6) is -0.00324. The van der Waals surface area contributed by atoms with Gasteiger partial charge in [-0.3, -0.25) is 9.59 Å². The predicted molar refractivity (Wildman–Crippen MR) is 108 cm³/mol. The van der Waals surface area contributed by atoms with Crippen molar-refractivity contribution in [1.29, 1.82) is 0 Å². The van der Waals surface area contributed by atoms with Gasteiger partial charge in [-0.15, -0.1) is 0 Å².